The molecule has 0 aliphatic carbocycles. The van der Waals surface area contributed by atoms with Gasteiger partial charge in [0.1, 0.15) is 0 Å². The third-order valence-electron chi connectivity index (χ3n) is 0.932. The van der Waals surface area contributed by atoms with Gasteiger partial charge in [0.15, 0.2) is 10.2 Å². The Bertz CT molecular complexity index is 167. The predicted molar refractivity (Wildman–Crippen MR) is 55.4 cm³/mol. The Kier molecular flexibility index (Phi) is 7.29. The van der Waals surface area contributed by atoms with Crippen LogP contribution in [0, 0.1) is 0 Å². The fraction of sp³-hybridized carbons (Fsp3) is 0.500. The molecule has 0 spiro atoms. The first-order valence-electron chi connectivity index (χ1n) is 3.54. The topological polar surface area (TPSA) is 34.1 Å². The molecule has 0 bridgehead atoms. The zero-order valence-electron chi connectivity index (χ0n) is 7.20. The van der Waals surface area contributed by atoms with Crippen molar-refractivity contribution in [1.29, 1.82) is 0 Å². The second kappa shape index (κ2) is 7.43. The van der Waals surface area contributed by atoms with Crippen LogP contribution in [0.15, 0.2) is 12.2 Å². The average molecular weight is 204 g/mol. The van der Waals surface area contributed by atoms with Gasteiger partial charge in [-0.3, -0.25) is 9.59 Å². The van der Waals surface area contributed by atoms with Crippen molar-refractivity contribution in [1.82, 2.24) is 0 Å². The molecule has 0 unspecified atom stereocenters. The Morgan fingerprint density at radius 2 is 1.33 bits per heavy atom. The van der Waals surface area contributed by atoms with E-state index in [1.54, 1.807) is 13.8 Å². The normalized spacial score (nSPS) is 10.5. The highest BCUT2D eigenvalue weighted by Gasteiger charge is 1.90. The first-order valence-corrected chi connectivity index (χ1v) is 5.51. The van der Waals surface area contributed by atoms with Crippen LogP contribution in [0.4, 0.5) is 0 Å². The zero-order chi connectivity index (χ0) is 9.40. The van der Waals surface area contributed by atoms with Crippen LogP contribution in [0.2, 0.25) is 0 Å². The molecule has 0 fully saturated rings. The minimum absolute atomic E-state index is 0.124. The fourth-order valence-corrected chi connectivity index (χ4v) is 1.40. The summed E-state index contributed by atoms with van der Waals surface area (Å²) in [5.74, 6) is 1.40. The van der Waals surface area contributed by atoms with Crippen molar-refractivity contribution in [3.05, 3.63) is 12.2 Å². The molecule has 2 nitrogen and oxygen atoms in total. The van der Waals surface area contributed by atoms with Crippen LogP contribution < -0.4 is 0 Å². The highest BCUT2D eigenvalue weighted by Crippen LogP contribution is 2.03. The summed E-state index contributed by atoms with van der Waals surface area (Å²) in [4.78, 5) is 20.9. The largest absolute Gasteiger partial charge is 0.288 e. The van der Waals surface area contributed by atoms with Crippen molar-refractivity contribution < 1.29 is 9.59 Å². The van der Waals surface area contributed by atoms with E-state index in [0.717, 1.165) is 0 Å². The highest BCUT2D eigenvalue weighted by atomic mass is 32.2. The Balaban J connectivity index is 3.26. The van der Waals surface area contributed by atoms with Crippen LogP contribution in [0.25, 0.3) is 0 Å². The Hall–Kier alpha value is -0.220. The van der Waals surface area contributed by atoms with Crippen molar-refractivity contribution in [2.24, 2.45) is 0 Å². The van der Waals surface area contributed by atoms with Gasteiger partial charge < -0.3 is 0 Å². The molecule has 0 saturated heterocycles. The summed E-state index contributed by atoms with van der Waals surface area (Å²) in [5.41, 5.74) is 0. The zero-order valence-corrected chi connectivity index (χ0v) is 8.83. The lowest BCUT2D eigenvalue weighted by atomic mass is 10.6. The number of hydrogen-bond donors (Lipinski definition) is 0. The van der Waals surface area contributed by atoms with Gasteiger partial charge in [-0.2, -0.15) is 0 Å². The molecule has 0 atom stereocenters. The van der Waals surface area contributed by atoms with E-state index in [1.807, 2.05) is 12.2 Å². The molecule has 0 amide bonds. The molecule has 0 aliphatic rings. The van der Waals surface area contributed by atoms with Gasteiger partial charge in [0, 0.05) is 25.4 Å². The van der Waals surface area contributed by atoms with Crippen LogP contribution in [0.1, 0.15) is 13.8 Å². The minimum atomic E-state index is 0.124. The molecule has 0 N–H and O–H groups in total. The fourth-order valence-electron chi connectivity index (χ4n) is 0.467. The Morgan fingerprint density at radius 1 is 1.00 bits per heavy atom. The van der Waals surface area contributed by atoms with Gasteiger partial charge in [-0.15, -0.1) is 0 Å². The van der Waals surface area contributed by atoms with Crippen molar-refractivity contribution in [2.45, 2.75) is 13.8 Å². The van der Waals surface area contributed by atoms with E-state index in [9.17, 15) is 9.59 Å². The molecule has 0 saturated carbocycles. The standard InChI is InChI=1S/C8H12O2S2/c1-7(9)11-5-3-4-6-12-8(2)10/h3-4H,5-6H2,1-2H3/b4-3-. The van der Waals surface area contributed by atoms with E-state index in [2.05, 4.69) is 0 Å². The maximum atomic E-state index is 10.5. The van der Waals surface area contributed by atoms with Crippen molar-refractivity contribution in [3.8, 4) is 0 Å². The van der Waals surface area contributed by atoms with Crippen LogP contribution in [-0.2, 0) is 9.59 Å². The van der Waals surface area contributed by atoms with Crippen LogP contribution in [-0.4, -0.2) is 21.7 Å². The molecule has 0 aromatic carbocycles. The van der Waals surface area contributed by atoms with Crippen LogP contribution in [0.3, 0.4) is 0 Å². The number of hydrogen-bond acceptors (Lipinski definition) is 4. The third-order valence-corrected chi connectivity index (χ3v) is 2.46. The molecular weight excluding hydrogens is 192 g/mol. The molecule has 68 valence electrons. The molecule has 0 radical (unpaired) electrons. The molecule has 0 aromatic rings. The first kappa shape index (κ1) is 11.8. The first-order chi connectivity index (χ1) is 5.63. The molecular formula is C8H12O2S2. The number of carbonyl (C=O) groups excluding carboxylic acids is 2. The molecule has 0 rings (SSSR count). The molecule has 4 heteroatoms. The lowest BCUT2D eigenvalue weighted by Crippen LogP contribution is -1.84. The molecule has 12 heavy (non-hydrogen) atoms. The van der Waals surface area contributed by atoms with E-state index < -0.39 is 0 Å². The van der Waals surface area contributed by atoms with Crippen LogP contribution in [0.5, 0.6) is 0 Å². The smallest absolute Gasteiger partial charge is 0.186 e. The lowest BCUT2D eigenvalue weighted by Gasteiger charge is -1.89. The van der Waals surface area contributed by atoms with Gasteiger partial charge in [0.25, 0.3) is 0 Å². The SMILES string of the molecule is CC(=O)SC/C=C\CSC(C)=O. The van der Waals surface area contributed by atoms with Gasteiger partial charge in [-0.05, 0) is 0 Å². The predicted octanol–water partition coefficient (Wildman–Crippen LogP) is 2.10. The maximum absolute atomic E-state index is 10.5. The summed E-state index contributed by atoms with van der Waals surface area (Å²) < 4.78 is 0. The second-order valence-electron chi connectivity index (χ2n) is 2.08. The summed E-state index contributed by atoms with van der Waals surface area (Å²) in [5, 5.41) is 0.248. The number of thioether (sulfide) groups is 2. The molecule has 0 heterocycles. The molecule has 0 aliphatic heterocycles. The summed E-state index contributed by atoms with van der Waals surface area (Å²) in [7, 11) is 0. The summed E-state index contributed by atoms with van der Waals surface area (Å²) in [6.07, 6.45) is 3.81. The van der Waals surface area contributed by atoms with Gasteiger partial charge in [0.05, 0.1) is 0 Å². The maximum Gasteiger partial charge on any atom is 0.186 e. The van der Waals surface area contributed by atoms with Crippen molar-refractivity contribution >= 4 is 33.8 Å². The van der Waals surface area contributed by atoms with Gasteiger partial charge in [0.2, 0.25) is 0 Å². The quantitative estimate of drug-likeness (QED) is 0.657. The number of rotatable bonds is 4. The number of carbonyl (C=O) groups is 2. The van der Waals surface area contributed by atoms with E-state index in [0.29, 0.717) is 11.5 Å². The summed E-state index contributed by atoms with van der Waals surface area (Å²) in [6, 6.07) is 0. The monoisotopic (exact) mass is 204 g/mol. The van der Waals surface area contributed by atoms with Gasteiger partial charge in [-0.1, -0.05) is 35.7 Å². The average Bonchev–Trinajstić information content (AvgIpc) is 1.95. The lowest BCUT2D eigenvalue weighted by molar-refractivity contribution is -0.109. The second-order valence-corrected chi connectivity index (χ2v) is 4.47. The third kappa shape index (κ3) is 9.78. The van der Waals surface area contributed by atoms with Crippen LogP contribution >= 0.6 is 23.5 Å². The van der Waals surface area contributed by atoms with E-state index in [4.69, 9.17) is 0 Å². The van der Waals surface area contributed by atoms with Crippen molar-refractivity contribution in [3.63, 3.8) is 0 Å². The van der Waals surface area contributed by atoms with Gasteiger partial charge >= 0.3 is 0 Å². The van der Waals surface area contributed by atoms with E-state index >= 15 is 0 Å². The Morgan fingerprint density at radius 3 is 1.58 bits per heavy atom. The van der Waals surface area contributed by atoms with Gasteiger partial charge in [-0.25, -0.2) is 0 Å². The summed E-state index contributed by atoms with van der Waals surface area (Å²) >= 11 is 2.54. The van der Waals surface area contributed by atoms with E-state index in [-0.39, 0.29) is 10.2 Å². The van der Waals surface area contributed by atoms with Crippen molar-refractivity contribution in [2.75, 3.05) is 11.5 Å². The van der Waals surface area contributed by atoms with E-state index in [1.165, 1.54) is 23.5 Å². The minimum Gasteiger partial charge on any atom is -0.288 e. The molecule has 0 aromatic heterocycles. The summed E-state index contributed by atoms with van der Waals surface area (Å²) in [6.45, 7) is 3.09. The highest BCUT2D eigenvalue weighted by molar-refractivity contribution is 8.14. The Labute approximate surface area is 81.2 Å².